The molecule has 1 fully saturated rings. The summed E-state index contributed by atoms with van der Waals surface area (Å²) in [6, 6.07) is 6.35. The van der Waals surface area contributed by atoms with Gasteiger partial charge in [0.15, 0.2) is 11.6 Å². The number of aliphatic hydroxyl groups is 1. The van der Waals surface area contributed by atoms with Crippen LogP contribution in [-0.4, -0.2) is 85.4 Å². The van der Waals surface area contributed by atoms with Gasteiger partial charge in [0.2, 0.25) is 0 Å². The highest BCUT2D eigenvalue weighted by Gasteiger charge is 2.29. The number of halogens is 6. The summed E-state index contributed by atoms with van der Waals surface area (Å²) in [5.74, 6) is -3.59. The van der Waals surface area contributed by atoms with Gasteiger partial charge < -0.3 is 25.5 Å². The van der Waals surface area contributed by atoms with Crippen molar-refractivity contribution in [2.45, 2.75) is 26.1 Å². The van der Waals surface area contributed by atoms with Crippen molar-refractivity contribution in [2.75, 3.05) is 62.6 Å². The average molecular weight is 592 g/mol. The summed E-state index contributed by atoms with van der Waals surface area (Å²) in [7, 11) is 0. The molecule has 8 nitrogen and oxygen atoms in total. The van der Waals surface area contributed by atoms with Crippen LogP contribution in [0.5, 0.6) is 0 Å². The molecule has 0 spiro atoms. The van der Waals surface area contributed by atoms with Gasteiger partial charge in [0, 0.05) is 62.9 Å². The number of amides is 3. The predicted molar refractivity (Wildman–Crippen MR) is 142 cm³/mol. The van der Waals surface area contributed by atoms with Gasteiger partial charge in [0.1, 0.15) is 0 Å². The van der Waals surface area contributed by atoms with E-state index in [1.807, 2.05) is 4.90 Å². The monoisotopic (exact) mass is 591 g/mol. The molecular formula is C26H31ClF5N5O3. The molecular weight excluding hydrogens is 561 g/mol. The number of benzene rings is 2. The Hall–Kier alpha value is -3.16. The number of hydrogen-bond donors (Lipinski definition) is 3. The fourth-order valence-electron chi connectivity index (χ4n) is 4.27. The van der Waals surface area contributed by atoms with E-state index in [9.17, 15) is 31.5 Å². The van der Waals surface area contributed by atoms with E-state index in [1.54, 1.807) is 17.9 Å². The van der Waals surface area contributed by atoms with Crippen LogP contribution in [0.4, 0.5) is 38.1 Å². The number of alkyl halides is 3. The summed E-state index contributed by atoms with van der Waals surface area (Å²) in [6.45, 7) is 2.88. The van der Waals surface area contributed by atoms with Crippen LogP contribution < -0.4 is 15.5 Å². The number of anilines is 2. The molecule has 0 saturated carbocycles. The fraction of sp³-hybridized carbons (Fsp3) is 0.462. The number of likely N-dealkylation sites (N-methyl/N-ethyl adjacent to an activating group) is 1. The Morgan fingerprint density at radius 3 is 2.40 bits per heavy atom. The maximum atomic E-state index is 14.9. The lowest BCUT2D eigenvalue weighted by atomic mass is 10.1. The molecule has 0 atom stereocenters. The summed E-state index contributed by atoms with van der Waals surface area (Å²) < 4.78 is 67.3. The maximum Gasteiger partial charge on any atom is 0.390 e. The molecule has 2 aromatic carbocycles. The number of nitrogens with zero attached hydrogens (tertiary/aromatic N) is 3. The van der Waals surface area contributed by atoms with E-state index in [-0.39, 0.29) is 37.5 Å². The number of carbonyl (C=O) groups is 2. The Labute approximate surface area is 233 Å². The Balaban J connectivity index is 1.69. The van der Waals surface area contributed by atoms with Gasteiger partial charge in [0.05, 0.1) is 30.0 Å². The molecule has 1 aliphatic heterocycles. The Kier molecular flexibility index (Phi) is 10.9. The van der Waals surface area contributed by atoms with Crippen LogP contribution >= 0.6 is 11.6 Å². The van der Waals surface area contributed by atoms with E-state index in [0.717, 1.165) is 6.07 Å². The van der Waals surface area contributed by atoms with Crippen molar-refractivity contribution in [1.29, 1.82) is 0 Å². The van der Waals surface area contributed by atoms with Gasteiger partial charge >= 0.3 is 12.2 Å². The van der Waals surface area contributed by atoms with E-state index >= 15 is 0 Å². The fourth-order valence-corrected chi connectivity index (χ4v) is 4.43. The summed E-state index contributed by atoms with van der Waals surface area (Å²) >= 11 is 6.15. The number of hydrogen-bond acceptors (Lipinski definition) is 5. The molecule has 0 radical (unpaired) electrons. The van der Waals surface area contributed by atoms with Crippen LogP contribution in [0.25, 0.3) is 0 Å². The van der Waals surface area contributed by atoms with E-state index in [2.05, 4.69) is 10.6 Å². The number of aliphatic hydroxyl groups excluding tert-OH is 1. The maximum absolute atomic E-state index is 14.9. The first-order valence-electron chi connectivity index (χ1n) is 12.7. The highest BCUT2D eigenvalue weighted by atomic mass is 35.5. The van der Waals surface area contributed by atoms with Crippen molar-refractivity contribution in [1.82, 2.24) is 15.1 Å². The molecule has 1 aliphatic rings. The van der Waals surface area contributed by atoms with E-state index < -0.39 is 41.7 Å². The van der Waals surface area contributed by atoms with Crippen LogP contribution in [-0.2, 0) is 6.54 Å². The second kappa shape index (κ2) is 14.0. The van der Waals surface area contributed by atoms with Crippen molar-refractivity contribution in [3.8, 4) is 0 Å². The van der Waals surface area contributed by atoms with Gasteiger partial charge in [-0.25, -0.2) is 13.6 Å². The quantitative estimate of drug-likeness (QED) is 0.355. The van der Waals surface area contributed by atoms with Crippen LogP contribution in [0, 0.1) is 11.6 Å². The highest BCUT2D eigenvalue weighted by molar-refractivity contribution is 6.31. The second-order valence-corrected chi connectivity index (χ2v) is 9.61. The van der Waals surface area contributed by atoms with Crippen molar-refractivity contribution in [3.63, 3.8) is 0 Å². The molecule has 1 heterocycles. The summed E-state index contributed by atoms with van der Waals surface area (Å²) in [4.78, 5) is 29.9. The van der Waals surface area contributed by atoms with Crippen LogP contribution in [0.1, 0.15) is 29.3 Å². The lowest BCUT2D eigenvalue weighted by Crippen LogP contribution is -2.47. The third kappa shape index (κ3) is 8.42. The van der Waals surface area contributed by atoms with Gasteiger partial charge in [0.25, 0.3) is 5.91 Å². The minimum absolute atomic E-state index is 0.0821. The molecule has 0 aromatic heterocycles. The van der Waals surface area contributed by atoms with Gasteiger partial charge in [-0.15, -0.1) is 0 Å². The van der Waals surface area contributed by atoms with Crippen LogP contribution in [0.3, 0.4) is 0 Å². The standard InChI is InChI=1S/C26H31ClF5N5O3/c1-2-36(13-14-38)25(40)33-16-17-3-5-19(23(29)22(17)28)24(39)34-20-6-4-18(27)15-21(20)37-11-9-35(10-12-37)8-7-26(30,31)32/h3-6,15,38H,2,7-14,16H2,1H3,(H,33,40)(H,34,39). The molecule has 0 unspecified atom stereocenters. The topological polar surface area (TPSA) is 88.1 Å². The Morgan fingerprint density at radius 1 is 1.07 bits per heavy atom. The number of piperazine rings is 1. The SMILES string of the molecule is CCN(CCO)C(=O)NCc1ccc(C(=O)Nc2ccc(Cl)cc2N2CCN(CCC(F)(F)F)CC2)c(F)c1F. The lowest BCUT2D eigenvalue weighted by Gasteiger charge is -2.37. The predicted octanol–water partition coefficient (Wildman–Crippen LogP) is 4.47. The summed E-state index contributed by atoms with van der Waals surface area (Å²) in [6.07, 6.45) is -5.14. The molecule has 2 aromatic rings. The van der Waals surface area contributed by atoms with Crippen molar-refractivity contribution < 1.29 is 36.6 Å². The van der Waals surface area contributed by atoms with E-state index in [4.69, 9.17) is 16.7 Å². The molecule has 0 bridgehead atoms. The molecule has 14 heteroatoms. The van der Waals surface area contributed by atoms with Gasteiger partial charge in [-0.2, -0.15) is 13.2 Å². The first-order valence-corrected chi connectivity index (χ1v) is 13.1. The van der Waals surface area contributed by atoms with Crippen molar-refractivity contribution in [3.05, 3.63) is 58.1 Å². The Morgan fingerprint density at radius 2 is 1.77 bits per heavy atom. The first-order chi connectivity index (χ1) is 18.9. The van der Waals surface area contributed by atoms with Crippen LogP contribution in [0.2, 0.25) is 5.02 Å². The lowest BCUT2D eigenvalue weighted by molar-refractivity contribution is -0.138. The zero-order chi connectivity index (χ0) is 29.4. The van der Waals surface area contributed by atoms with Crippen molar-refractivity contribution in [2.24, 2.45) is 0 Å². The summed E-state index contributed by atoms with van der Waals surface area (Å²) in [5.41, 5.74) is 0.0525. The molecule has 3 rings (SSSR count). The third-order valence-electron chi connectivity index (χ3n) is 6.51. The number of nitrogens with one attached hydrogen (secondary N) is 2. The first kappa shape index (κ1) is 31.4. The molecule has 0 aliphatic carbocycles. The highest BCUT2D eigenvalue weighted by Crippen LogP contribution is 2.31. The number of rotatable bonds is 10. The largest absolute Gasteiger partial charge is 0.395 e. The smallest absolute Gasteiger partial charge is 0.390 e. The van der Waals surface area contributed by atoms with Crippen molar-refractivity contribution >= 4 is 34.9 Å². The third-order valence-corrected chi connectivity index (χ3v) is 6.74. The summed E-state index contributed by atoms with van der Waals surface area (Å²) in [5, 5.41) is 14.4. The average Bonchev–Trinajstić information content (AvgIpc) is 2.92. The number of carbonyl (C=O) groups excluding carboxylic acids is 2. The van der Waals surface area contributed by atoms with Gasteiger partial charge in [-0.3, -0.25) is 9.69 Å². The van der Waals surface area contributed by atoms with Gasteiger partial charge in [-0.1, -0.05) is 17.7 Å². The zero-order valence-corrected chi connectivity index (χ0v) is 22.6. The second-order valence-electron chi connectivity index (χ2n) is 9.17. The van der Waals surface area contributed by atoms with Crippen LogP contribution in [0.15, 0.2) is 30.3 Å². The Bertz CT molecular complexity index is 1190. The minimum Gasteiger partial charge on any atom is -0.395 e. The molecule has 40 heavy (non-hydrogen) atoms. The van der Waals surface area contributed by atoms with Gasteiger partial charge in [-0.05, 0) is 31.2 Å². The van der Waals surface area contributed by atoms with E-state index in [1.165, 1.54) is 23.1 Å². The number of urea groups is 1. The minimum atomic E-state index is -4.24. The zero-order valence-electron chi connectivity index (χ0n) is 21.8. The normalized spacial score (nSPS) is 14.2. The molecule has 3 amide bonds. The molecule has 220 valence electrons. The molecule has 1 saturated heterocycles. The van der Waals surface area contributed by atoms with E-state index in [0.29, 0.717) is 43.4 Å². The molecule has 3 N–H and O–H groups in total.